The molecule has 2 N–H and O–H groups in total. The van der Waals surface area contributed by atoms with Gasteiger partial charge in [0, 0.05) is 25.5 Å². The first kappa shape index (κ1) is 18.7. The molecule has 0 radical (unpaired) electrons. The summed E-state index contributed by atoms with van der Waals surface area (Å²) >= 11 is 0. The molecule has 2 rings (SSSR count). The highest BCUT2D eigenvalue weighted by molar-refractivity contribution is 5.79. The maximum absolute atomic E-state index is 12.6. The molecule has 1 fully saturated rings. The fraction of sp³-hybridized carbons (Fsp3) is 0.588. The lowest BCUT2D eigenvalue weighted by molar-refractivity contribution is -0.137. The molecule has 1 heterocycles. The lowest BCUT2D eigenvalue weighted by atomic mass is 9.94. The van der Waals surface area contributed by atoms with Crippen LogP contribution in [0.1, 0.15) is 30.9 Å². The van der Waals surface area contributed by atoms with Gasteiger partial charge in [0.15, 0.2) is 0 Å². The fourth-order valence-corrected chi connectivity index (χ4v) is 2.67. The number of hydrogen-bond donors (Lipinski definition) is 2. The van der Waals surface area contributed by atoms with Crippen LogP contribution in [0.4, 0.5) is 13.2 Å². The molecule has 1 aliphatic heterocycles. The van der Waals surface area contributed by atoms with Crippen molar-refractivity contribution >= 4 is 5.91 Å². The molecule has 1 amide bonds. The Hall–Kier alpha value is -1.60. The lowest BCUT2D eigenvalue weighted by Crippen LogP contribution is -2.45. The average Bonchev–Trinajstić information content (AvgIpc) is 2.97. The van der Waals surface area contributed by atoms with E-state index in [4.69, 9.17) is 4.74 Å². The molecule has 0 aliphatic carbocycles. The minimum atomic E-state index is -4.36. The van der Waals surface area contributed by atoms with Crippen LogP contribution in [0, 0.1) is 5.92 Å². The molecule has 0 aromatic heterocycles. The monoisotopic (exact) mass is 345 g/mol. The van der Waals surface area contributed by atoms with Gasteiger partial charge in [-0.15, -0.1) is 0 Å². The van der Waals surface area contributed by atoms with E-state index in [1.165, 1.54) is 12.1 Å². The Kier molecular flexibility index (Phi) is 5.87. The number of amides is 1. The molecule has 7 heteroatoms. The third-order valence-corrected chi connectivity index (χ3v) is 4.30. The molecule has 0 bridgehead atoms. The predicted octanol–water partition coefficient (Wildman–Crippen LogP) is 2.54. The van der Waals surface area contributed by atoms with Crippen molar-refractivity contribution in [2.75, 3.05) is 19.8 Å². The van der Waals surface area contributed by atoms with Crippen molar-refractivity contribution < 1.29 is 27.8 Å². The van der Waals surface area contributed by atoms with Crippen LogP contribution in [0.2, 0.25) is 0 Å². The summed E-state index contributed by atoms with van der Waals surface area (Å²) in [6.45, 7) is 2.63. The summed E-state index contributed by atoms with van der Waals surface area (Å²) in [5.74, 6) is -0.564. The van der Waals surface area contributed by atoms with Gasteiger partial charge in [-0.3, -0.25) is 4.79 Å². The molecule has 1 saturated heterocycles. The minimum absolute atomic E-state index is 0.120. The van der Waals surface area contributed by atoms with Gasteiger partial charge in [0.1, 0.15) is 5.60 Å². The van der Waals surface area contributed by atoms with Gasteiger partial charge < -0.3 is 15.2 Å². The number of alkyl halides is 3. The molecule has 24 heavy (non-hydrogen) atoms. The van der Waals surface area contributed by atoms with E-state index in [9.17, 15) is 23.1 Å². The zero-order chi connectivity index (χ0) is 17.8. The smallest absolute Gasteiger partial charge is 0.386 e. The van der Waals surface area contributed by atoms with Gasteiger partial charge >= 0.3 is 6.18 Å². The topological polar surface area (TPSA) is 58.6 Å². The second-order valence-electron chi connectivity index (χ2n) is 6.25. The molecule has 1 aromatic rings. The van der Waals surface area contributed by atoms with Gasteiger partial charge in [0.2, 0.25) is 5.91 Å². The first-order valence-corrected chi connectivity index (χ1v) is 7.97. The van der Waals surface area contributed by atoms with Crippen molar-refractivity contribution in [3.05, 3.63) is 35.4 Å². The highest BCUT2D eigenvalue weighted by atomic mass is 19.4. The third kappa shape index (κ3) is 4.95. The summed E-state index contributed by atoms with van der Waals surface area (Å²) in [5.41, 5.74) is -1.05. The number of rotatable bonds is 6. The third-order valence-electron chi connectivity index (χ3n) is 4.30. The molecule has 134 valence electrons. The highest BCUT2D eigenvalue weighted by Crippen LogP contribution is 2.29. The van der Waals surface area contributed by atoms with Gasteiger partial charge in [0.05, 0.1) is 12.2 Å². The Labute approximate surface area is 139 Å². The first-order chi connectivity index (χ1) is 11.2. The van der Waals surface area contributed by atoms with E-state index in [0.717, 1.165) is 12.1 Å². The summed E-state index contributed by atoms with van der Waals surface area (Å²) in [6.07, 6.45) is -2.97. The molecular formula is C17H22F3NO3. The standard InChI is InChI=1S/C17H22F3NO3/c1-2-13(15(22)21-10-16(23)7-8-24-11-16)9-12-3-5-14(6-4-12)17(18,19)20/h3-6,13,23H,2,7-11H2,1H3,(H,21,22)/t13-,16-/m0/s1. The molecule has 0 spiro atoms. The van der Waals surface area contributed by atoms with Crippen LogP contribution in [0.25, 0.3) is 0 Å². The van der Waals surface area contributed by atoms with Gasteiger partial charge in [-0.1, -0.05) is 19.1 Å². The zero-order valence-electron chi connectivity index (χ0n) is 13.5. The van der Waals surface area contributed by atoms with Crippen LogP contribution in [-0.2, 0) is 22.1 Å². The molecule has 1 aromatic carbocycles. The van der Waals surface area contributed by atoms with E-state index in [0.29, 0.717) is 31.4 Å². The Balaban J connectivity index is 1.92. The molecule has 1 aliphatic rings. The second-order valence-corrected chi connectivity index (χ2v) is 6.25. The average molecular weight is 345 g/mol. The number of carbonyl (C=O) groups excluding carboxylic acids is 1. The highest BCUT2D eigenvalue weighted by Gasteiger charge is 2.33. The second kappa shape index (κ2) is 7.53. The predicted molar refractivity (Wildman–Crippen MR) is 82.3 cm³/mol. The summed E-state index contributed by atoms with van der Waals surface area (Å²) < 4.78 is 42.8. The minimum Gasteiger partial charge on any atom is -0.386 e. The van der Waals surface area contributed by atoms with Crippen LogP contribution >= 0.6 is 0 Å². The fourth-order valence-electron chi connectivity index (χ4n) is 2.67. The number of carbonyl (C=O) groups is 1. The Morgan fingerprint density at radius 1 is 1.38 bits per heavy atom. The van der Waals surface area contributed by atoms with Crippen LogP contribution in [-0.4, -0.2) is 36.4 Å². The van der Waals surface area contributed by atoms with E-state index in [1.54, 1.807) is 0 Å². The number of nitrogens with one attached hydrogen (secondary N) is 1. The number of hydrogen-bond acceptors (Lipinski definition) is 3. The zero-order valence-corrected chi connectivity index (χ0v) is 13.5. The quantitative estimate of drug-likeness (QED) is 0.833. The number of benzene rings is 1. The van der Waals surface area contributed by atoms with E-state index in [1.807, 2.05) is 6.92 Å². The van der Waals surface area contributed by atoms with Crippen LogP contribution < -0.4 is 5.32 Å². The van der Waals surface area contributed by atoms with E-state index >= 15 is 0 Å². The van der Waals surface area contributed by atoms with E-state index < -0.39 is 17.3 Å². The van der Waals surface area contributed by atoms with Crippen molar-refractivity contribution in [2.45, 2.75) is 38.0 Å². The Morgan fingerprint density at radius 2 is 2.04 bits per heavy atom. The molecular weight excluding hydrogens is 323 g/mol. The summed E-state index contributed by atoms with van der Waals surface area (Å²) in [6, 6.07) is 4.85. The van der Waals surface area contributed by atoms with Crippen molar-refractivity contribution in [1.29, 1.82) is 0 Å². The largest absolute Gasteiger partial charge is 0.416 e. The van der Waals surface area contributed by atoms with Crippen LogP contribution in [0.5, 0.6) is 0 Å². The van der Waals surface area contributed by atoms with Crippen molar-refractivity contribution in [1.82, 2.24) is 5.32 Å². The summed E-state index contributed by atoms with van der Waals surface area (Å²) in [5, 5.41) is 12.9. The van der Waals surface area contributed by atoms with Gasteiger partial charge in [-0.2, -0.15) is 13.2 Å². The van der Waals surface area contributed by atoms with Crippen LogP contribution in [0.3, 0.4) is 0 Å². The number of aliphatic hydroxyl groups is 1. The van der Waals surface area contributed by atoms with Crippen molar-refractivity contribution in [3.63, 3.8) is 0 Å². The Morgan fingerprint density at radius 3 is 2.54 bits per heavy atom. The van der Waals surface area contributed by atoms with Crippen LogP contribution in [0.15, 0.2) is 24.3 Å². The van der Waals surface area contributed by atoms with Gasteiger partial charge in [-0.05, 0) is 30.5 Å². The van der Waals surface area contributed by atoms with E-state index in [2.05, 4.69) is 5.32 Å². The Bertz CT molecular complexity index is 551. The maximum atomic E-state index is 12.6. The first-order valence-electron chi connectivity index (χ1n) is 7.97. The van der Waals surface area contributed by atoms with Gasteiger partial charge in [0.25, 0.3) is 0 Å². The van der Waals surface area contributed by atoms with Crippen molar-refractivity contribution in [3.8, 4) is 0 Å². The number of halogens is 3. The number of ether oxygens (including phenoxy) is 1. The summed E-state index contributed by atoms with van der Waals surface area (Å²) in [4.78, 5) is 12.3. The molecule has 0 saturated carbocycles. The summed E-state index contributed by atoms with van der Waals surface area (Å²) in [7, 11) is 0. The lowest BCUT2D eigenvalue weighted by Gasteiger charge is -2.23. The SMILES string of the molecule is CC[C@@H](Cc1ccc(C(F)(F)F)cc1)C(=O)NC[C@@]1(O)CCOC1. The molecule has 0 unspecified atom stereocenters. The normalized spacial score (nSPS) is 22.4. The molecule has 2 atom stereocenters. The van der Waals surface area contributed by atoms with E-state index in [-0.39, 0.29) is 25.0 Å². The molecule has 4 nitrogen and oxygen atoms in total. The van der Waals surface area contributed by atoms with Crippen molar-refractivity contribution in [2.24, 2.45) is 5.92 Å². The maximum Gasteiger partial charge on any atom is 0.416 e. The van der Waals surface area contributed by atoms with Gasteiger partial charge in [-0.25, -0.2) is 0 Å².